The molecule has 1 aromatic heterocycles. The van der Waals surface area contributed by atoms with Crippen LogP contribution >= 0.6 is 0 Å². The van der Waals surface area contributed by atoms with E-state index in [-0.39, 0.29) is 11.1 Å². The Bertz CT molecular complexity index is 963. The quantitative estimate of drug-likeness (QED) is 0.762. The van der Waals surface area contributed by atoms with E-state index in [1.807, 2.05) is 0 Å². The number of aromatic carboxylic acids is 1. The minimum absolute atomic E-state index is 0.201. The molecule has 0 unspecified atom stereocenters. The van der Waals surface area contributed by atoms with Gasteiger partial charge in [-0.1, -0.05) is 18.2 Å². The summed E-state index contributed by atoms with van der Waals surface area (Å²) in [6.45, 7) is 1.49. The number of fused-ring (bicyclic) bond motifs is 1. The molecule has 0 bridgehead atoms. The average molecular weight is 298 g/mol. The topological polar surface area (TPSA) is 83.0 Å². The first kappa shape index (κ1) is 13.9. The van der Waals surface area contributed by atoms with E-state index in [0.717, 1.165) is 0 Å². The van der Waals surface area contributed by atoms with E-state index in [2.05, 4.69) is 10.2 Å². The second kappa shape index (κ2) is 5.07. The summed E-state index contributed by atoms with van der Waals surface area (Å²) in [5.41, 5.74) is 0.278. The number of carboxylic acids is 1. The van der Waals surface area contributed by atoms with Crippen LogP contribution in [0.15, 0.2) is 41.2 Å². The molecule has 0 saturated carbocycles. The molecule has 2 N–H and O–H groups in total. The van der Waals surface area contributed by atoms with Crippen LogP contribution in [0.5, 0.6) is 0 Å². The number of aromatic amines is 1. The summed E-state index contributed by atoms with van der Waals surface area (Å²) in [5, 5.41) is 16.5. The van der Waals surface area contributed by atoms with Gasteiger partial charge in [0.25, 0.3) is 5.56 Å². The molecule has 0 spiro atoms. The molecule has 0 saturated heterocycles. The normalized spacial score (nSPS) is 10.8. The van der Waals surface area contributed by atoms with Crippen LogP contribution in [0, 0.1) is 12.7 Å². The van der Waals surface area contributed by atoms with E-state index < -0.39 is 17.3 Å². The Morgan fingerprint density at radius 1 is 1.23 bits per heavy atom. The van der Waals surface area contributed by atoms with E-state index in [0.29, 0.717) is 22.0 Å². The van der Waals surface area contributed by atoms with Gasteiger partial charge in [-0.15, -0.1) is 0 Å². The van der Waals surface area contributed by atoms with Gasteiger partial charge in [0.2, 0.25) is 0 Å². The number of H-pyrrole nitrogens is 1. The van der Waals surface area contributed by atoms with Gasteiger partial charge in [-0.05, 0) is 30.7 Å². The number of halogens is 1. The van der Waals surface area contributed by atoms with Crippen molar-refractivity contribution in [2.75, 3.05) is 0 Å². The van der Waals surface area contributed by atoms with Crippen LogP contribution in [0.25, 0.3) is 22.0 Å². The monoisotopic (exact) mass is 298 g/mol. The second-order valence-corrected chi connectivity index (χ2v) is 4.91. The zero-order chi connectivity index (χ0) is 15.9. The predicted molar refractivity (Wildman–Crippen MR) is 79.5 cm³/mol. The van der Waals surface area contributed by atoms with E-state index in [1.165, 1.54) is 19.1 Å². The minimum Gasteiger partial charge on any atom is -0.478 e. The molecular formula is C16H11FN2O3. The van der Waals surface area contributed by atoms with Crippen LogP contribution in [-0.4, -0.2) is 21.3 Å². The summed E-state index contributed by atoms with van der Waals surface area (Å²) < 4.78 is 13.9. The van der Waals surface area contributed by atoms with Crippen LogP contribution in [0.2, 0.25) is 0 Å². The molecule has 0 aliphatic heterocycles. The summed E-state index contributed by atoms with van der Waals surface area (Å²) in [6, 6.07) is 9.56. The number of benzene rings is 2. The Labute approximate surface area is 124 Å². The van der Waals surface area contributed by atoms with Gasteiger partial charge in [-0.25, -0.2) is 14.3 Å². The third kappa shape index (κ3) is 2.14. The van der Waals surface area contributed by atoms with Crippen molar-refractivity contribution in [3.63, 3.8) is 0 Å². The average Bonchev–Trinajstić information content (AvgIpc) is 2.50. The number of nitrogens with one attached hydrogen (secondary N) is 1. The number of rotatable bonds is 2. The molecular weight excluding hydrogens is 287 g/mol. The third-order valence-corrected chi connectivity index (χ3v) is 3.45. The maximum Gasteiger partial charge on any atom is 0.338 e. The van der Waals surface area contributed by atoms with Crippen LogP contribution in [0.1, 0.15) is 15.9 Å². The molecule has 1 heterocycles. The standard InChI is InChI=1S/C16H11FN2O3/c1-8-6-9(7-12(13(8)17)16(21)22)14-10-4-2-3-5-11(10)15(20)19-18-14/h2-7H,1H3,(H,19,20)(H,21,22). The lowest BCUT2D eigenvalue weighted by molar-refractivity contribution is 0.0691. The third-order valence-electron chi connectivity index (χ3n) is 3.45. The minimum atomic E-state index is -1.35. The zero-order valence-electron chi connectivity index (χ0n) is 11.6. The van der Waals surface area contributed by atoms with Gasteiger partial charge in [0.05, 0.1) is 16.6 Å². The number of carbonyl (C=O) groups is 1. The number of hydrogen-bond acceptors (Lipinski definition) is 3. The molecule has 0 aliphatic rings. The Morgan fingerprint density at radius 2 is 1.91 bits per heavy atom. The second-order valence-electron chi connectivity index (χ2n) is 4.91. The fraction of sp³-hybridized carbons (Fsp3) is 0.0625. The van der Waals surface area contributed by atoms with Crippen LogP contribution < -0.4 is 5.56 Å². The van der Waals surface area contributed by atoms with Crippen molar-refractivity contribution in [1.82, 2.24) is 10.2 Å². The summed E-state index contributed by atoms with van der Waals surface area (Å²) in [7, 11) is 0. The Balaban J connectivity index is 2.36. The Morgan fingerprint density at radius 3 is 2.59 bits per heavy atom. The molecule has 6 heteroatoms. The first-order chi connectivity index (χ1) is 10.5. The molecule has 0 fully saturated rings. The van der Waals surface area contributed by atoms with E-state index in [4.69, 9.17) is 5.11 Å². The lowest BCUT2D eigenvalue weighted by Gasteiger charge is -2.08. The smallest absolute Gasteiger partial charge is 0.338 e. The predicted octanol–water partition coefficient (Wildman–Crippen LogP) is 2.74. The number of aromatic nitrogens is 2. The number of aryl methyl sites for hydroxylation is 1. The summed E-state index contributed by atoms with van der Waals surface area (Å²) in [5.74, 6) is -2.12. The van der Waals surface area contributed by atoms with Crippen LogP contribution in [0.4, 0.5) is 4.39 Å². The lowest BCUT2D eigenvalue weighted by Crippen LogP contribution is -2.10. The SMILES string of the molecule is Cc1cc(-c2n[nH]c(=O)c3ccccc23)cc(C(=O)O)c1F. The molecule has 110 valence electrons. The van der Waals surface area contributed by atoms with Crippen molar-refractivity contribution in [3.8, 4) is 11.3 Å². The molecule has 3 aromatic rings. The van der Waals surface area contributed by atoms with Crippen molar-refractivity contribution in [2.45, 2.75) is 6.92 Å². The maximum absolute atomic E-state index is 13.9. The van der Waals surface area contributed by atoms with Gasteiger partial charge in [0.1, 0.15) is 5.82 Å². The van der Waals surface area contributed by atoms with Crippen LogP contribution in [0.3, 0.4) is 0 Å². The highest BCUT2D eigenvalue weighted by Crippen LogP contribution is 2.27. The van der Waals surface area contributed by atoms with E-state index in [1.54, 1.807) is 24.3 Å². The van der Waals surface area contributed by atoms with Crippen molar-refractivity contribution < 1.29 is 14.3 Å². The largest absolute Gasteiger partial charge is 0.478 e. The highest BCUT2D eigenvalue weighted by atomic mass is 19.1. The number of nitrogens with zero attached hydrogens (tertiary/aromatic N) is 1. The first-order valence-electron chi connectivity index (χ1n) is 6.50. The van der Waals surface area contributed by atoms with Crippen molar-refractivity contribution in [2.24, 2.45) is 0 Å². The van der Waals surface area contributed by atoms with Gasteiger partial charge < -0.3 is 5.11 Å². The van der Waals surface area contributed by atoms with Crippen LogP contribution in [-0.2, 0) is 0 Å². The zero-order valence-corrected chi connectivity index (χ0v) is 11.6. The van der Waals surface area contributed by atoms with Crippen molar-refractivity contribution in [3.05, 3.63) is 63.7 Å². The Kier molecular flexibility index (Phi) is 3.21. The van der Waals surface area contributed by atoms with Gasteiger partial charge >= 0.3 is 5.97 Å². The molecule has 5 nitrogen and oxygen atoms in total. The van der Waals surface area contributed by atoms with E-state index in [9.17, 15) is 14.0 Å². The first-order valence-corrected chi connectivity index (χ1v) is 6.50. The van der Waals surface area contributed by atoms with Gasteiger partial charge in [-0.2, -0.15) is 5.10 Å². The molecule has 0 amide bonds. The highest BCUT2D eigenvalue weighted by Gasteiger charge is 2.17. The molecule has 0 atom stereocenters. The molecule has 0 radical (unpaired) electrons. The number of carboxylic acid groups (broad SMARTS) is 1. The molecule has 2 aromatic carbocycles. The maximum atomic E-state index is 13.9. The fourth-order valence-corrected chi connectivity index (χ4v) is 2.40. The van der Waals surface area contributed by atoms with Gasteiger partial charge in [0, 0.05) is 10.9 Å². The van der Waals surface area contributed by atoms with Gasteiger partial charge in [0.15, 0.2) is 0 Å². The lowest BCUT2D eigenvalue weighted by atomic mass is 10.00. The van der Waals surface area contributed by atoms with E-state index >= 15 is 0 Å². The summed E-state index contributed by atoms with van der Waals surface area (Å²) in [6.07, 6.45) is 0. The Hall–Kier alpha value is -3.02. The number of hydrogen-bond donors (Lipinski definition) is 2. The molecule has 0 aliphatic carbocycles. The van der Waals surface area contributed by atoms with Crippen molar-refractivity contribution in [1.29, 1.82) is 0 Å². The fourth-order valence-electron chi connectivity index (χ4n) is 2.40. The molecule has 3 rings (SSSR count). The summed E-state index contributed by atoms with van der Waals surface area (Å²) >= 11 is 0. The highest BCUT2D eigenvalue weighted by molar-refractivity contribution is 5.96. The van der Waals surface area contributed by atoms with Crippen molar-refractivity contribution >= 4 is 16.7 Å². The van der Waals surface area contributed by atoms with Gasteiger partial charge in [-0.3, -0.25) is 4.79 Å². The molecule has 22 heavy (non-hydrogen) atoms. The summed E-state index contributed by atoms with van der Waals surface area (Å²) in [4.78, 5) is 22.9.